The molecule has 0 bridgehead atoms. The van der Waals surface area contributed by atoms with E-state index >= 15 is 0 Å². The molecular formula is C20H12ClO2P. The van der Waals surface area contributed by atoms with Crippen LogP contribution in [0.1, 0.15) is 0 Å². The highest BCUT2D eigenvalue weighted by Gasteiger charge is 2.11. The van der Waals surface area contributed by atoms with Gasteiger partial charge in [0.05, 0.1) is 0 Å². The quantitative estimate of drug-likeness (QED) is 0.293. The monoisotopic (exact) mass is 350 g/mol. The standard InChI is InChI=1S/C20H12ClO2P/c21-16-7-3-6-15-14(16)9-11-18-20(15)19-13-5-2-1-4-12(13)8-10-17(19)22-24-23-18/h1-11,24H. The molecule has 1 atom stereocenters. The summed E-state index contributed by atoms with van der Waals surface area (Å²) < 4.78 is 11.8. The summed E-state index contributed by atoms with van der Waals surface area (Å²) in [4.78, 5) is 0. The van der Waals surface area contributed by atoms with Crippen molar-refractivity contribution in [1.29, 1.82) is 0 Å². The fraction of sp³-hybridized carbons (Fsp3) is 0. The van der Waals surface area contributed by atoms with Gasteiger partial charge in [-0.25, -0.2) is 0 Å². The maximum absolute atomic E-state index is 6.42. The molecule has 0 spiro atoms. The van der Waals surface area contributed by atoms with Crippen LogP contribution in [0.4, 0.5) is 0 Å². The predicted octanol–water partition coefficient (Wildman–Crippen LogP) is 7.29. The molecule has 0 aliphatic carbocycles. The van der Waals surface area contributed by atoms with Crippen LogP contribution in [0.5, 0.6) is 0 Å². The van der Waals surface area contributed by atoms with Crippen LogP contribution >= 0.6 is 20.3 Å². The van der Waals surface area contributed by atoms with Gasteiger partial charge in [0.2, 0.25) is 8.67 Å². The van der Waals surface area contributed by atoms with Crippen molar-refractivity contribution in [3.8, 4) is 0 Å². The Bertz CT molecular complexity index is 1270. The molecule has 1 aromatic heterocycles. The van der Waals surface area contributed by atoms with Crippen LogP contribution in [0.25, 0.3) is 43.5 Å². The van der Waals surface area contributed by atoms with Gasteiger partial charge in [0.1, 0.15) is 11.2 Å². The van der Waals surface area contributed by atoms with Crippen molar-refractivity contribution in [2.75, 3.05) is 0 Å². The van der Waals surface area contributed by atoms with Crippen LogP contribution < -0.4 is 0 Å². The average molecular weight is 351 g/mol. The molecule has 0 aliphatic rings. The van der Waals surface area contributed by atoms with E-state index in [1.807, 2.05) is 36.4 Å². The lowest BCUT2D eigenvalue weighted by molar-refractivity contribution is 0.663. The van der Waals surface area contributed by atoms with Crippen LogP contribution in [0.15, 0.2) is 75.1 Å². The SMILES string of the molecule is Clc1cccc2c1ccc1o[pH]oc3ccc4ccccc4c3c12. The molecule has 0 amide bonds. The summed E-state index contributed by atoms with van der Waals surface area (Å²) in [6.07, 6.45) is 0. The number of benzene rings is 4. The first-order chi connectivity index (χ1) is 11.8. The average Bonchev–Trinajstić information content (AvgIpc) is 2.81. The second kappa shape index (κ2) is 5.31. The smallest absolute Gasteiger partial charge is 0.201 e. The molecule has 2 nitrogen and oxygen atoms in total. The van der Waals surface area contributed by atoms with Gasteiger partial charge in [-0.3, -0.25) is 0 Å². The van der Waals surface area contributed by atoms with Gasteiger partial charge in [-0.15, -0.1) is 0 Å². The number of hydrogen-bond donors (Lipinski definition) is 0. The molecule has 0 saturated carbocycles. The Morgan fingerprint density at radius 2 is 1.33 bits per heavy atom. The topological polar surface area (TPSA) is 26.3 Å². The second-order valence-corrected chi connectivity index (χ2v) is 6.70. The van der Waals surface area contributed by atoms with Gasteiger partial charge < -0.3 is 8.39 Å². The summed E-state index contributed by atoms with van der Waals surface area (Å²) in [6.45, 7) is 0. The third kappa shape index (κ3) is 1.97. The Kier molecular flexibility index (Phi) is 3.09. The third-order valence-corrected chi connectivity index (χ3v) is 5.35. The van der Waals surface area contributed by atoms with Gasteiger partial charge in [0.15, 0.2) is 0 Å². The number of fused-ring (bicyclic) bond motifs is 7. The van der Waals surface area contributed by atoms with Gasteiger partial charge in [0.25, 0.3) is 0 Å². The van der Waals surface area contributed by atoms with Gasteiger partial charge in [-0.1, -0.05) is 54.1 Å². The van der Waals surface area contributed by atoms with Crippen molar-refractivity contribution < 1.29 is 8.39 Å². The summed E-state index contributed by atoms with van der Waals surface area (Å²) in [6, 6.07) is 22.4. The Balaban J connectivity index is 2.22. The molecular weight excluding hydrogens is 339 g/mol. The van der Waals surface area contributed by atoms with E-state index in [4.69, 9.17) is 20.0 Å². The van der Waals surface area contributed by atoms with E-state index in [0.717, 1.165) is 43.1 Å². The molecule has 4 aromatic carbocycles. The second-order valence-electron chi connectivity index (χ2n) is 5.72. The van der Waals surface area contributed by atoms with E-state index in [9.17, 15) is 0 Å². The molecule has 0 N–H and O–H groups in total. The molecule has 0 aliphatic heterocycles. The zero-order valence-electron chi connectivity index (χ0n) is 12.5. The lowest BCUT2D eigenvalue weighted by Crippen LogP contribution is -1.80. The zero-order valence-corrected chi connectivity index (χ0v) is 14.3. The van der Waals surface area contributed by atoms with Crippen LogP contribution in [-0.4, -0.2) is 0 Å². The van der Waals surface area contributed by atoms with Crippen LogP contribution in [0, 0.1) is 0 Å². The molecule has 1 heterocycles. The molecule has 5 aromatic rings. The number of hydrogen-bond acceptors (Lipinski definition) is 2. The van der Waals surface area contributed by atoms with Crippen LogP contribution in [-0.2, 0) is 0 Å². The van der Waals surface area contributed by atoms with Crippen molar-refractivity contribution >= 4 is 63.8 Å². The largest absolute Gasteiger partial charge is 0.421 e. The molecule has 24 heavy (non-hydrogen) atoms. The summed E-state index contributed by atoms with van der Waals surface area (Å²) in [5.41, 5.74) is 1.68. The van der Waals surface area contributed by atoms with Gasteiger partial charge >= 0.3 is 0 Å². The summed E-state index contributed by atoms with van der Waals surface area (Å²) in [7, 11) is -0.0647. The minimum absolute atomic E-state index is 0.0647. The van der Waals surface area contributed by atoms with Crippen molar-refractivity contribution in [2.24, 2.45) is 0 Å². The lowest BCUT2D eigenvalue weighted by atomic mass is 9.99. The molecule has 4 heteroatoms. The van der Waals surface area contributed by atoms with E-state index in [2.05, 4.69) is 30.3 Å². The first-order valence-corrected chi connectivity index (χ1v) is 8.84. The number of halogens is 1. The maximum atomic E-state index is 6.42. The Labute approximate surface area is 144 Å². The van der Waals surface area contributed by atoms with E-state index < -0.39 is 0 Å². The van der Waals surface area contributed by atoms with E-state index in [1.54, 1.807) is 0 Å². The van der Waals surface area contributed by atoms with E-state index in [0.29, 0.717) is 0 Å². The first-order valence-electron chi connectivity index (χ1n) is 7.65. The zero-order chi connectivity index (χ0) is 16.1. The van der Waals surface area contributed by atoms with Crippen LogP contribution in [0.3, 0.4) is 0 Å². The molecule has 116 valence electrons. The maximum Gasteiger partial charge on any atom is 0.201 e. The molecule has 0 fully saturated rings. The minimum atomic E-state index is -0.0647. The van der Waals surface area contributed by atoms with Crippen molar-refractivity contribution in [3.63, 3.8) is 0 Å². The Morgan fingerprint density at radius 3 is 2.21 bits per heavy atom. The first kappa shape index (κ1) is 14.0. The molecule has 5 rings (SSSR count). The molecule has 0 saturated heterocycles. The normalized spacial score (nSPS) is 11.9. The summed E-state index contributed by atoms with van der Waals surface area (Å²) in [5, 5.41) is 7.28. The van der Waals surface area contributed by atoms with Gasteiger partial charge in [-0.05, 0) is 40.4 Å². The van der Waals surface area contributed by atoms with Crippen molar-refractivity contribution in [3.05, 3.63) is 71.8 Å². The van der Waals surface area contributed by atoms with Crippen LogP contribution in [0.2, 0.25) is 5.02 Å². The van der Waals surface area contributed by atoms with Crippen molar-refractivity contribution in [1.82, 2.24) is 0 Å². The Hall–Kier alpha value is -2.41. The predicted molar refractivity (Wildman–Crippen MR) is 103 cm³/mol. The highest BCUT2D eigenvalue weighted by Crippen LogP contribution is 2.38. The fourth-order valence-electron chi connectivity index (χ4n) is 3.35. The van der Waals surface area contributed by atoms with E-state index in [-0.39, 0.29) is 8.67 Å². The summed E-state index contributed by atoms with van der Waals surface area (Å²) >= 11 is 6.42. The third-order valence-electron chi connectivity index (χ3n) is 4.41. The number of rotatable bonds is 0. The molecule has 0 radical (unpaired) electrons. The van der Waals surface area contributed by atoms with Gasteiger partial charge in [-0.2, -0.15) is 0 Å². The van der Waals surface area contributed by atoms with E-state index in [1.165, 1.54) is 5.39 Å². The molecule has 1 unspecified atom stereocenters. The van der Waals surface area contributed by atoms with Crippen molar-refractivity contribution in [2.45, 2.75) is 0 Å². The highest BCUT2D eigenvalue weighted by molar-refractivity contribution is 7.15. The lowest BCUT2D eigenvalue weighted by Gasteiger charge is -2.06. The fourth-order valence-corrected chi connectivity index (χ4v) is 4.15. The van der Waals surface area contributed by atoms with Gasteiger partial charge in [0, 0.05) is 21.2 Å². The summed E-state index contributed by atoms with van der Waals surface area (Å²) in [5.74, 6) is 0. The Morgan fingerprint density at radius 1 is 0.625 bits per heavy atom. The highest BCUT2D eigenvalue weighted by atomic mass is 35.5. The minimum Gasteiger partial charge on any atom is -0.421 e.